The van der Waals surface area contributed by atoms with Crippen molar-refractivity contribution in [2.24, 2.45) is 5.92 Å². The van der Waals surface area contributed by atoms with Crippen LogP contribution >= 0.6 is 11.3 Å². The van der Waals surface area contributed by atoms with E-state index >= 15 is 0 Å². The van der Waals surface area contributed by atoms with E-state index in [4.69, 9.17) is 0 Å². The zero-order valence-electron chi connectivity index (χ0n) is 11.8. The summed E-state index contributed by atoms with van der Waals surface area (Å²) in [5.41, 5.74) is 0. The standard InChI is InChI=1S/C14H20N4OS/c1-3-15-14-16-12(10-5-7-20-13(10)17-14)18-6-4-9(2)11(18)8-19/h5,7,9,11,19H,3-4,6,8H2,1-2H3,(H,15,16,17). The molecule has 108 valence electrons. The monoisotopic (exact) mass is 292 g/mol. The summed E-state index contributed by atoms with van der Waals surface area (Å²) < 4.78 is 0. The zero-order chi connectivity index (χ0) is 14.1. The molecule has 2 atom stereocenters. The van der Waals surface area contributed by atoms with Gasteiger partial charge in [0.2, 0.25) is 5.95 Å². The van der Waals surface area contributed by atoms with Crippen LogP contribution in [0.2, 0.25) is 0 Å². The number of nitrogens with zero attached hydrogens (tertiary/aromatic N) is 3. The number of anilines is 2. The molecule has 2 aromatic heterocycles. The molecule has 0 amide bonds. The topological polar surface area (TPSA) is 61.3 Å². The molecule has 6 heteroatoms. The maximum absolute atomic E-state index is 9.67. The summed E-state index contributed by atoms with van der Waals surface area (Å²) in [6, 6.07) is 2.23. The molecule has 1 aliphatic heterocycles. The molecule has 0 bridgehead atoms. The van der Waals surface area contributed by atoms with Crippen molar-refractivity contribution >= 4 is 33.3 Å². The van der Waals surface area contributed by atoms with Crippen molar-refractivity contribution in [2.45, 2.75) is 26.3 Å². The van der Waals surface area contributed by atoms with Gasteiger partial charge in [0.1, 0.15) is 10.6 Å². The number of aromatic nitrogens is 2. The van der Waals surface area contributed by atoms with Gasteiger partial charge in [0.05, 0.1) is 18.0 Å². The van der Waals surface area contributed by atoms with Gasteiger partial charge >= 0.3 is 0 Å². The van der Waals surface area contributed by atoms with Crippen molar-refractivity contribution in [3.05, 3.63) is 11.4 Å². The third-order valence-corrected chi connectivity index (χ3v) is 4.79. The van der Waals surface area contributed by atoms with Crippen LogP contribution in [0.1, 0.15) is 20.3 Å². The Kier molecular flexibility index (Phi) is 3.76. The predicted molar refractivity (Wildman–Crippen MR) is 83.6 cm³/mol. The van der Waals surface area contributed by atoms with Gasteiger partial charge in [-0.25, -0.2) is 4.98 Å². The first-order valence-corrected chi connectivity index (χ1v) is 7.99. The quantitative estimate of drug-likeness (QED) is 0.905. The maximum Gasteiger partial charge on any atom is 0.226 e. The molecule has 2 unspecified atom stereocenters. The Labute approximate surface area is 122 Å². The molecule has 0 radical (unpaired) electrons. The van der Waals surface area contributed by atoms with Gasteiger partial charge in [-0.3, -0.25) is 0 Å². The number of rotatable bonds is 4. The van der Waals surface area contributed by atoms with E-state index in [0.29, 0.717) is 11.9 Å². The third kappa shape index (κ3) is 2.23. The van der Waals surface area contributed by atoms with Crippen LogP contribution in [-0.4, -0.2) is 40.8 Å². The number of nitrogens with one attached hydrogen (secondary N) is 1. The minimum absolute atomic E-state index is 0.155. The molecule has 1 aliphatic rings. The second kappa shape index (κ2) is 5.54. The smallest absolute Gasteiger partial charge is 0.226 e. The van der Waals surface area contributed by atoms with Gasteiger partial charge in [0.15, 0.2) is 0 Å². The molecule has 1 fully saturated rings. The summed E-state index contributed by atoms with van der Waals surface area (Å²) in [6.45, 7) is 6.15. The summed E-state index contributed by atoms with van der Waals surface area (Å²) in [5, 5.41) is 16.0. The minimum atomic E-state index is 0.155. The number of hydrogen-bond donors (Lipinski definition) is 2. The maximum atomic E-state index is 9.67. The van der Waals surface area contributed by atoms with Crippen molar-refractivity contribution in [1.82, 2.24) is 9.97 Å². The molecule has 3 heterocycles. The van der Waals surface area contributed by atoms with E-state index in [1.807, 2.05) is 12.3 Å². The van der Waals surface area contributed by atoms with E-state index in [9.17, 15) is 5.11 Å². The molecule has 3 rings (SSSR count). The molecule has 1 saturated heterocycles. The number of thiophene rings is 1. The molecule has 0 saturated carbocycles. The fourth-order valence-corrected chi connectivity index (χ4v) is 3.60. The van der Waals surface area contributed by atoms with Gasteiger partial charge in [-0.15, -0.1) is 11.3 Å². The molecular formula is C14H20N4OS. The Morgan fingerprint density at radius 2 is 2.35 bits per heavy atom. The van der Waals surface area contributed by atoms with Gasteiger partial charge in [-0.2, -0.15) is 4.98 Å². The van der Waals surface area contributed by atoms with E-state index in [2.05, 4.69) is 33.2 Å². The number of hydrogen-bond acceptors (Lipinski definition) is 6. The first kappa shape index (κ1) is 13.6. The highest BCUT2D eigenvalue weighted by Crippen LogP contribution is 2.35. The molecule has 20 heavy (non-hydrogen) atoms. The Balaban J connectivity index is 2.07. The predicted octanol–water partition coefficient (Wildman–Crippen LogP) is 2.33. The van der Waals surface area contributed by atoms with E-state index in [1.165, 1.54) is 0 Å². The lowest BCUT2D eigenvalue weighted by Gasteiger charge is -2.27. The fourth-order valence-electron chi connectivity index (χ4n) is 2.85. The van der Waals surface area contributed by atoms with Crippen LogP contribution in [0.5, 0.6) is 0 Å². The van der Waals surface area contributed by atoms with E-state index in [-0.39, 0.29) is 12.6 Å². The summed E-state index contributed by atoms with van der Waals surface area (Å²) in [5.74, 6) is 2.12. The summed E-state index contributed by atoms with van der Waals surface area (Å²) in [6.07, 6.45) is 1.09. The number of fused-ring (bicyclic) bond motifs is 1. The van der Waals surface area contributed by atoms with Crippen LogP contribution in [-0.2, 0) is 0 Å². The van der Waals surface area contributed by atoms with E-state index in [1.54, 1.807) is 11.3 Å². The molecule has 2 aromatic rings. The number of aliphatic hydroxyl groups excluding tert-OH is 1. The Bertz CT molecular complexity index is 600. The summed E-state index contributed by atoms with van der Waals surface area (Å²) >= 11 is 1.63. The van der Waals surface area contributed by atoms with E-state index in [0.717, 1.165) is 35.5 Å². The van der Waals surface area contributed by atoms with Crippen LogP contribution in [0.15, 0.2) is 11.4 Å². The van der Waals surface area contributed by atoms with Gasteiger partial charge in [0.25, 0.3) is 0 Å². The van der Waals surface area contributed by atoms with Gasteiger partial charge in [0, 0.05) is 13.1 Å². The molecule has 0 spiro atoms. The first-order valence-electron chi connectivity index (χ1n) is 7.11. The molecule has 0 aromatic carbocycles. The largest absolute Gasteiger partial charge is 0.394 e. The highest BCUT2D eigenvalue weighted by molar-refractivity contribution is 7.16. The van der Waals surface area contributed by atoms with Crippen LogP contribution in [0.3, 0.4) is 0 Å². The lowest BCUT2D eigenvalue weighted by atomic mass is 10.0. The first-order chi connectivity index (χ1) is 9.74. The molecule has 2 N–H and O–H groups in total. The molecule has 0 aliphatic carbocycles. The highest BCUT2D eigenvalue weighted by atomic mass is 32.1. The van der Waals surface area contributed by atoms with Gasteiger partial charge in [-0.05, 0) is 30.7 Å². The number of aliphatic hydroxyl groups is 1. The average molecular weight is 292 g/mol. The summed E-state index contributed by atoms with van der Waals surface area (Å²) in [7, 11) is 0. The second-order valence-electron chi connectivity index (χ2n) is 5.25. The SMILES string of the molecule is CCNc1nc(N2CCC(C)C2CO)c2ccsc2n1. The van der Waals surface area contributed by atoms with Crippen LogP contribution in [0.25, 0.3) is 10.2 Å². The van der Waals surface area contributed by atoms with Crippen molar-refractivity contribution in [3.8, 4) is 0 Å². The van der Waals surface area contributed by atoms with Crippen LogP contribution in [0.4, 0.5) is 11.8 Å². The van der Waals surface area contributed by atoms with Crippen molar-refractivity contribution in [1.29, 1.82) is 0 Å². The lowest BCUT2D eigenvalue weighted by molar-refractivity contribution is 0.244. The van der Waals surface area contributed by atoms with Crippen molar-refractivity contribution < 1.29 is 5.11 Å². The van der Waals surface area contributed by atoms with Gasteiger partial charge in [-0.1, -0.05) is 6.92 Å². The fraction of sp³-hybridized carbons (Fsp3) is 0.571. The molecular weight excluding hydrogens is 272 g/mol. The van der Waals surface area contributed by atoms with Crippen molar-refractivity contribution in [3.63, 3.8) is 0 Å². The minimum Gasteiger partial charge on any atom is -0.394 e. The average Bonchev–Trinajstić information content (AvgIpc) is 3.04. The van der Waals surface area contributed by atoms with Gasteiger partial charge < -0.3 is 15.3 Å². The summed E-state index contributed by atoms with van der Waals surface area (Å²) in [4.78, 5) is 12.5. The zero-order valence-corrected chi connectivity index (χ0v) is 12.7. The highest BCUT2D eigenvalue weighted by Gasteiger charge is 2.32. The second-order valence-corrected chi connectivity index (χ2v) is 6.14. The molecule has 5 nitrogen and oxygen atoms in total. The van der Waals surface area contributed by atoms with Crippen LogP contribution in [0, 0.1) is 5.92 Å². The van der Waals surface area contributed by atoms with Crippen LogP contribution < -0.4 is 10.2 Å². The Morgan fingerprint density at radius 1 is 1.50 bits per heavy atom. The normalized spacial score (nSPS) is 22.6. The lowest BCUT2D eigenvalue weighted by Crippen LogP contribution is -2.36. The van der Waals surface area contributed by atoms with Crippen molar-refractivity contribution in [2.75, 3.05) is 29.9 Å². The third-order valence-electron chi connectivity index (χ3n) is 3.98. The van der Waals surface area contributed by atoms with E-state index < -0.39 is 0 Å². The Hall–Kier alpha value is -1.40. The Morgan fingerprint density at radius 3 is 3.10 bits per heavy atom.